The maximum Gasteiger partial charge on any atom is 0.216 e. The minimum atomic E-state index is -0.648. The van der Waals surface area contributed by atoms with Gasteiger partial charge in [0, 0.05) is 29.7 Å². The number of halogens is 2. The van der Waals surface area contributed by atoms with E-state index in [4.69, 9.17) is 4.42 Å². The third-order valence-corrected chi connectivity index (χ3v) is 6.18. The van der Waals surface area contributed by atoms with Crippen LogP contribution in [0.2, 0.25) is 0 Å². The van der Waals surface area contributed by atoms with Gasteiger partial charge >= 0.3 is 0 Å². The van der Waals surface area contributed by atoms with Gasteiger partial charge in [-0.25, -0.2) is 13.3 Å². The fourth-order valence-electron chi connectivity index (χ4n) is 4.36. The molecule has 0 fully saturated rings. The van der Waals surface area contributed by atoms with Gasteiger partial charge in [0.1, 0.15) is 29.8 Å². The molecule has 3 aromatic carbocycles. The van der Waals surface area contributed by atoms with E-state index in [1.807, 2.05) is 36.9 Å². The van der Waals surface area contributed by atoms with E-state index in [1.54, 1.807) is 0 Å². The van der Waals surface area contributed by atoms with Crippen molar-refractivity contribution < 1.29 is 17.8 Å². The van der Waals surface area contributed by atoms with Crippen molar-refractivity contribution in [3.05, 3.63) is 89.6 Å². The van der Waals surface area contributed by atoms with Gasteiger partial charge in [-0.15, -0.1) is 0 Å². The first-order valence-corrected chi connectivity index (χ1v) is 10.7. The molecule has 2 aromatic heterocycles. The molecule has 0 aliphatic rings. The fraction of sp³-hybridized carbons (Fsp3) is 0.179. The third-order valence-electron chi connectivity index (χ3n) is 6.18. The molecule has 0 atom stereocenters. The SMILES string of the molecule is Cc1ccc2c(oc3cc(F)cc(F)c32)c1-c1cc(-c2ccc(C(C)C)cc2)cc[n+]1C. The van der Waals surface area contributed by atoms with Crippen molar-refractivity contribution in [2.75, 3.05) is 0 Å². The van der Waals surface area contributed by atoms with E-state index >= 15 is 0 Å². The van der Waals surface area contributed by atoms with Crippen LogP contribution in [0.3, 0.4) is 0 Å². The van der Waals surface area contributed by atoms with E-state index in [1.165, 1.54) is 11.6 Å². The normalized spacial score (nSPS) is 11.7. The molecule has 0 saturated heterocycles. The van der Waals surface area contributed by atoms with Crippen LogP contribution in [0.15, 0.2) is 71.3 Å². The molecule has 5 rings (SSSR count). The third kappa shape index (κ3) is 3.27. The van der Waals surface area contributed by atoms with Crippen molar-refractivity contribution in [3.8, 4) is 22.4 Å². The molecule has 0 unspecified atom stereocenters. The minimum absolute atomic E-state index is 0.215. The average molecular weight is 429 g/mol. The molecule has 5 aromatic rings. The predicted octanol–water partition coefficient (Wildman–Crippen LogP) is 7.45. The van der Waals surface area contributed by atoms with Crippen LogP contribution in [0.25, 0.3) is 44.3 Å². The molecule has 0 saturated carbocycles. The molecular weight excluding hydrogens is 404 g/mol. The predicted molar refractivity (Wildman–Crippen MR) is 125 cm³/mol. The Morgan fingerprint density at radius 1 is 0.875 bits per heavy atom. The highest BCUT2D eigenvalue weighted by atomic mass is 19.1. The Kier molecular flexibility index (Phi) is 4.81. The highest BCUT2D eigenvalue weighted by Gasteiger charge is 2.23. The van der Waals surface area contributed by atoms with Gasteiger partial charge in [0.15, 0.2) is 6.20 Å². The summed E-state index contributed by atoms with van der Waals surface area (Å²) in [5.41, 5.74) is 7.10. The summed E-state index contributed by atoms with van der Waals surface area (Å²) in [6.45, 7) is 6.37. The van der Waals surface area contributed by atoms with Crippen LogP contribution < -0.4 is 4.57 Å². The summed E-state index contributed by atoms with van der Waals surface area (Å²) in [7, 11) is 1.97. The first-order valence-electron chi connectivity index (χ1n) is 10.7. The Hall–Kier alpha value is -3.53. The summed E-state index contributed by atoms with van der Waals surface area (Å²) in [4.78, 5) is 0. The van der Waals surface area contributed by atoms with E-state index in [-0.39, 0.29) is 5.58 Å². The van der Waals surface area contributed by atoms with Gasteiger partial charge in [0.2, 0.25) is 5.69 Å². The summed E-state index contributed by atoms with van der Waals surface area (Å²) < 4.78 is 36.5. The molecular formula is C28H24F2NO+. The second-order valence-corrected chi connectivity index (χ2v) is 8.69. The van der Waals surface area contributed by atoms with Gasteiger partial charge in [-0.2, -0.15) is 0 Å². The number of nitrogens with zero attached hydrogens (tertiary/aromatic N) is 1. The smallest absolute Gasteiger partial charge is 0.216 e. The second-order valence-electron chi connectivity index (χ2n) is 8.69. The molecule has 0 N–H and O–H groups in total. The molecule has 0 spiro atoms. The van der Waals surface area contributed by atoms with Crippen LogP contribution in [-0.4, -0.2) is 0 Å². The first kappa shape index (κ1) is 20.4. The lowest BCUT2D eigenvalue weighted by atomic mass is 9.96. The summed E-state index contributed by atoms with van der Waals surface area (Å²) >= 11 is 0. The van der Waals surface area contributed by atoms with E-state index in [9.17, 15) is 8.78 Å². The summed E-state index contributed by atoms with van der Waals surface area (Å²) in [6, 6.07) is 18.7. The number of benzene rings is 3. The van der Waals surface area contributed by atoms with Crippen molar-refractivity contribution in [1.82, 2.24) is 0 Å². The molecule has 2 nitrogen and oxygen atoms in total. The Morgan fingerprint density at radius 3 is 2.34 bits per heavy atom. The number of rotatable bonds is 3. The molecule has 4 heteroatoms. The van der Waals surface area contributed by atoms with E-state index in [2.05, 4.69) is 50.2 Å². The van der Waals surface area contributed by atoms with Crippen molar-refractivity contribution in [1.29, 1.82) is 0 Å². The van der Waals surface area contributed by atoms with Crippen molar-refractivity contribution in [2.24, 2.45) is 7.05 Å². The lowest BCUT2D eigenvalue weighted by Gasteiger charge is -2.09. The largest absolute Gasteiger partial charge is 0.455 e. The summed E-state index contributed by atoms with van der Waals surface area (Å²) in [5, 5.41) is 0.954. The van der Waals surface area contributed by atoms with Gasteiger partial charge in [-0.05, 0) is 35.1 Å². The highest BCUT2D eigenvalue weighted by molar-refractivity contribution is 6.10. The number of hydrogen-bond acceptors (Lipinski definition) is 1. The van der Waals surface area contributed by atoms with Gasteiger partial charge in [-0.1, -0.05) is 50.2 Å². The molecule has 0 aliphatic heterocycles. The number of aromatic nitrogens is 1. The summed E-state index contributed by atoms with van der Waals surface area (Å²) in [6.07, 6.45) is 2.02. The lowest BCUT2D eigenvalue weighted by Crippen LogP contribution is -2.30. The van der Waals surface area contributed by atoms with Crippen LogP contribution in [0.4, 0.5) is 8.78 Å². The van der Waals surface area contributed by atoms with E-state index in [0.717, 1.165) is 34.0 Å². The van der Waals surface area contributed by atoms with E-state index < -0.39 is 11.6 Å². The van der Waals surface area contributed by atoms with Crippen molar-refractivity contribution in [3.63, 3.8) is 0 Å². The number of pyridine rings is 1. The molecule has 0 aliphatic carbocycles. The second kappa shape index (κ2) is 7.56. The van der Waals surface area contributed by atoms with Crippen LogP contribution >= 0.6 is 0 Å². The number of furan rings is 1. The summed E-state index contributed by atoms with van der Waals surface area (Å²) in [5.74, 6) is -0.784. The molecule has 160 valence electrons. The maximum absolute atomic E-state index is 14.6. The Labute approximate surface area is 185 Å². The Bertz CT molecular complexity index is 1480. The number of hydrogen-bond donors (Lipinski definition) is 0. The Balaban J connectivity index is 1.74. The number of aryl methyl sites for hydroxylation is 2. The van der Waals surface area contributed by atoms with Crippen molar-refractivity contribution >= 4 is 21.9 Å². The topological polar surface area (TPSA) is 17.0 Å². The van der Waals surface area contributed by atoms with Gasteiger partial charge in [0.05, 0.1) is 10.9 Å². The zero-order valence-corrected chi connectivity index (χ0v) is 18.5. The number of fused-ring (bicyclic) bond motifs is 3. The van der Waals surface area contributed by atoms with Crippen LogP contribution in [0.1, 0.15) is 30.9 Å². The minimum Gasteiger partial charge on any atom is -0.455 e. The molecule has 2 heterocycles. The molecule has 0 radical (unpaired) electrons. The van der Waals surface area contributed by atoms with Crippen molar-refractivity contribution in [2.45, 2.75) is 26.7 Å². The quantitative estimate of drug-likeness (QED) is 0.273. The molecule has 0 bridgehead atoms. The standard InChI is InChI=1S/C28H24F2NO/c1-16(2)18-6-8-19(9-7-18)20-11-12-31(4)24(13-20)26-17(3)5-10-22-27-23(30)14-21(29)15-25(27)32-28(22)26/h5-16H,1-4H3/q+1. The van der Waals surface area contributed by atoms with Crippen LogP contribution in [0.5, 0.6) is 0 Å². The van der Waals surface area contributed by atoms with Gasteiger partial charge < -0.3 is 4.42 Å². The average Bonchev–Trinajstić information content (AvgIpc) is 3.13. The Morgan fingerprint density at radius 2 is 1.62 bits per heavy atom. The zero-order valence-electron chi connectivity index (χ0n) is 18.5. The molecule has 0 amide bonds. The zero-order chi connectivity index (χ0) is 22.6. The lowest BCUT2D eigenvalue weighted by molar-refractivity contribution is -0.660. The highest BCUT2D eigenvalue weighted by Crippen LogP contribution is 2.39. The fourth-order valence-corrected chi connectivity index (χ4v) is 4.36. The van der Waals surface area contributed by atoms with Gasteiger partial charge in [-0.3, -0.25) is 0 Å². The molecule has 32 heavy (non-hydrogen) atoms. The first-order chi connectivity index (χ1) is 15.3. The van der Waals surface area contributed by atoms with Gasteiger partial charge in [0.25, 0.3) is 0 Å². The maximum atomic E-state index is 14.6. The van der Waals surface area contributed by atoms with Crippen LogP contribution in [0, 0.1) is 18.6 Å². The monoisotopic (exact) mass is 428 g/mol. The van der Waals surface area contributed by atoms with Crippen LogP contribution in [-0.2, 0) is 7.05 Å². The van der Waals surface area contributed by atoms with E-state index in [0.29, 0.717) is 22.3 Å².